The maximum absolute atomic E-state index is 10.8. The van der Waals surface area contributed by atoms with E-state index in [1.54, 1.807) is 6.07 Å². The van der Waals surface area contributed by atoms with Gasteiger partial charge in [-0.25, -0.2) is 0 Å². The van der Waals surface area contributed by atoms with Crippen LogP contribution in [0, 0.1) is 16.0 Å². The number of piperidine rings is 1. The Hall–Kier alpha value is -1.70. The molecule has 1 aromatic rings. The lowest BCUT2D eigenvalue weighted by Gasteiger charge is -2.34. The molecule has 0 radical (unpaired) electrons. The average molecular weight is 280 g/mol. The van der Waals surface area contributed by atoms with Crippen LogP contribution in [0.3, 0.4) is 0 Å². The van der Waals surface area contributed by atoms with Gasteiger partial charge in [0.25, 0.3) is 5.69 Å². The lowest BCUT2D eigenvalue weighted by molar-refractivity contribution is -0.384. The highest BCUT2D eigenvalue weighted by Gasteiger charge is 2.25. The van der Waals surface area contributed by atoms with Gasteiger partial charge >= 0.3 is 0 Å². The van der Waals surface area contributed by atoms with Crippen molar-refractivity contribution in [2.75, 3.05) is 18.5 Å². The Kier molecular flexibility index (Phi) is 4.53. The number of nitro groups is 1. The predicted octanol–water partition coefficient (Wildman–Crippen LogP) is 1.08. The Bertz CT molecular complexity index is 495. The minimum Gasteiger partial charge on any atom is -0.392 e. The third-order valence-electron chi connectivity index (χ3n) is 3.85. The zero-order chi connectivity index (χ0) is 14.7. The van der Waals surface area contributed by atoms with E-state index in [-0.39, 0.29) is 11.8 Å². The number of rotatable bonds is 4. The summed E-state index contributed by atoms with van der Waals surface area (Å²) in [7, 11) is 0. The molecule has 1 fully saturated rings. The fourth-order valence-corrected chi connectivity index (χ4v) is 2.46. The number of hydrogen-bond donors (Lipinski definition) is 3. The van der Waals surface area contributed by atoms with Crippen LogP contribution in [0.5, 0.6) is 0 Å². The van der Waals surface area contributed by atoms with Crippen molar-refractivity contribution in [3.8, 4) is 0 Å². The molecule has 0 bridgehead atoms. The van der Waals surface area contributed by atoms with Crippen LogP contribution in [-0.2, 0) is 6.54 Å². The van der Waals surface area contributed by atoms with E-state index < -0.39 is 4.92 Å². The summed E-state index contributed by atoms with van der Waals surface area (Å²) in [6.07, 6.45) is 0.568. The van der Waals surface area contributed by atoms with Crippen LogP contribution in [0.1, 0.15) is 18.9 Å². The lowest BCUT2D eigenvalue weighted by Crippen LogP contribution is -2.42. The van der Waals surface area contributed by atoms with Gasteiger partial charge in [0.1, 0.15) is 0 Å². The van der Waals surface area contributed by atoms with E-state index in [1.807, 2.05) is 6.92 Å². The highest BCUT2D eigenvalue weighted by Crippen LogP contribution is 2.25. The van der Waals surface area contributed by atoms with Gasteiger partial charge in [-0.1, -0.05) is 6.92 Å². The summed E-state index contributed by atoms with van der Waals surface area (Å²) in [6, 6.07) is 4.56. The molecular weight excluding hydrogens is 260 g/mol. The number of aliphatic hydroxyl groups excluding tert-OH is 1. The summed E-state index contributed by atoms with van der Waals surface area (Å²) in [5.74, 6) is 5.74. The average Bonchev–Trinajstić information content (AvgIpc) is 2.42. The van der Waals surface area contributed by atoms with Crippen molar-refractivity contribution >= 4 is 11.4 Å². The summed E-state index contributed by atoms with van der Waals surface area (Å²) in [5.41, 5.74) is 4.04. The van der Waals surface area contributed by atoms with E-state index in [0.717, 1.165) is 18.5 Å². The summed E-state index contributed by atoms with van der Waals surface area (Å²) in [6.45, 7) is 4.01. The smallest absolute Gasteiger partial charge is 0.269 e. The molecule has 0 aliphatic carbocycles. The van der Waals surface area contributed by atoms with Gasteiger partial charge in [0, 0.05) is 25.2 Å². The van der Waals surface area contributed by atoms with E-state index in [2.05, 4.69) is 10.3 Å². The molecule has 0 spiro atoms. The largest absolute Gasteiger partial charge is 0.392 e. The fourth-order valence-electron chi connectivity index (χ4n) is 2.46. The Morgan fingerprint density at radius 1 is 1.60 bits per heavy atom. The highest BCUT2D eigenvalue weighted by atomic mass is 16.6. The number of hydrazine groups is 1. The lowest BCUT2D eigenvalue weighted by atomic mass is 9.95. The van der Waals surface area contributed by atoms with Crippen molar-refractivity contribution in [1.82, 2.24) is 4.90 Å². The molecule has 4 N–H and O–H groups in total. The van der Waals surface area contributed by atoms with Gasteiger partial charge < -0.3 is 10.5 Å². The second-order valence-electron chi connectivity index (χ2n) is 5.31. The molecule has 1 aliphatic rings. The number of likely N-dealkylation sites (tertiary alicyclic amines) is 1. The normalized spacial score (nSPS) is 23.6. The first-order valence-electron chi connectivity index (χ1n) is 6.65. The number of non-ortho nitro benzene ring substituents is 1. The molecule has 1 saturated heterocycles. The fraction of sp³-hybridized carbons (Fsp3) is 0.538. The zero-order valence-electron chi connectivity index (χ0n) is 11.5. The monoisotopic (exact) mass is 280 g/mol. The van der Waals surface area contributed by atoms with Crippen molar-refractivity contribution in [1.29, 1.82) is 0 Å². The molecule has 0 saturated carbocycles. The Labute approximate surface area is 117 Å². The van der Waals surface area contributed by atoms with Gasteiger partial charge in [-0.15, -0.1) is 0 Å². The number of nitrogens with one attached hydrogen (secondary N) is 1. The number of nitrogen functional groups attached to an aromatic ring is 1. The summed E-state index contributed by atoms with van der Waals surface area (Å²) < 4.78 is 0. The number of anilines is 1. The number of aliphatic hydroxyl groups is 1. The van der Waals surface area contributed by atoms with Gasteiger partial charge in [0.2, 0.25) is 0 Å². The number of nitrogens with two attached hydrogens (primary N) is 1. The topological polar surface area (TPSA) is 105 Å². The molecule has 0 aromatic heterocycles. The van der Waals surface area contributed by atoms with Crippen molar-refractivity contribution < 1.29 is 10.0 Å². The summed E-state index contributed by atoms with van der Waals surface area (Å²) in [4.78, 5) is 12.5. The SMILES string of the molecule is CC1CCN(Cc2cc([N+](=O)[O-])ccc2NN)CC1O. The third kappa shape index (κ3) is 3.24. The Morgan fingerprint density at radius 2 is 2.35 bits per heavy atom. The maximum atomic E-state index is 10.8. The molecular formula is C13H20N4O3. The van der Waals surface area contributed by atoms with E-state index in [1.165, 1.54) is 12.1 Å². The standard InChI is InChI=1S/C13H20N4O3/c1-9-4-5-16(8-13(9)18)7-10-6-11(17(19)20)2-3-12(10)15-14/h2-3,6,9,13,15,18H,4-5,7-8,14H2,1H3. The zero-order valence-corrected chi connectivity index (χ0v) is 11.5. The number of benzene rings is 1. The first kappa shape index (κ1) is 14.7. The third-order valence-corrected chi connectivity index (χ3v) is 3.85. The minimum atomic E-state index is -0.420. The molecule has 2 unspecified atom stereocenters. The van der Waals surface area contributed by atoms with E-state index in [9.17, 15) is 15.2 Å². The molecule has 2 rings (SSSR count). The van der Waals surface area contributed by atoms with Gasteiger partial charge in [0.05, 0.1) is 16.7 Å². The van der Waals surface area contributed by atoms with Crippen LogP contribution in [0.25, 0.3) is 0 Å². The molecule has 1 heterocycles. The van der Waals surface area contributed by atoms with Crippen LogP contribution in [0.15, 0.2) is 18.2 Å². The van der Waals surface area contributed by atoms with E-state index in [0.29, 0.717) is 24.7 Å². The molecule has 110 valence electrons. The molecule has 0 amide bonds. The number of hydrogen-bond acceptors (Lipinski definition) is 6. The summed E-state index contributed by atoms with van der Waals surface area (Å²) >= 11 is 0. The summed E-state index contributed by atoms with van der Waals surface area (Å²) in [5, 5.41) is 20.7. The van der Waals surface area contributed by atoms with Crippen LogP contribution < -0.4 is 11.3 Å². The predicted molar refractivity (Wildman–Crippen MR) is 76.0 cm³/mol. The molecule has 1 aliphatic heterocycles. The van der Waals surface area contributed by atoms with Crippen LogP contribution >= 0.6 is 0 Å². The Balaban J connectivity index is 2.15. The number of nitrogens with zero attached hydrogens (tertiary/aromatic N) is 2. The van der Waals surface area contributed by atoms with Crippen molar-refractivity contribution in [2.24, 2.45) is 11.8 Å². The number of nitro benzene ring substituents is 1. The van der Waals surface area contributed by atoms with Crippen LogP contribution in [0.2, 0.25) is 0 Å². The second kappa shape index (κ2) is 6.17. The van der Waals surface area contributed by atoms with Crippen molar-refractivity contribution in [3.63, 3.8) is 0 Å². The second-order valence-corrected chi connectivity index (χ2v) is 5.31. The minimum absolute atomic E-state index is 0.0462. The number of β-amino-alcohol motifs (C(OH)–C–C–N with tert-alkyl or cyclic N) is 1. The first-order valence-corrected chi connectivity index (χ1v) is 6.65. The maximum Gasteiger partial charge on any atom is 0.269 e. The van der Waals surface area contributed by atoms with Gasteiger partial charge in [-0.2, -0.15) is 0 Å². The van der Waals surface area contributed by atoms with Gasteiger partial charge in [-0.3, -0.25) is 20.9 Å². The van der Waals surface area contributed by atoms with Crippen molar-refractivity contribution in [2.45, 2.75) is 26.0 Å². The van der Waals surface area contributed by atoms with Crippen LogP contribution in [-0.4, -0.2) is 34.1 Å². The molecule has 7 nitrogen and oxygen atoms in total. The van der Waals surface area contributed by atoms with Gasteiger partial charge in [-0.05, 0) is 30.5 Å². The van der Waals surface area contributed by atoms with E-state index in [4.69, 9.17) is 5.84 Å². The molecule has 20 heavy (non-hydrogen) atoms. The van der Waals surface area contributed by atoms with E-state index >= 15 is 0 Å². The molecule has 1 aromatic carbocycles. The highest BCUT2D eigenvalue weighted by molar-refractivity contribution is 5.55. The van der Waals surface area contributed by atoms with Crippen LogP contribution in [0.4, 0.5) is 11.4 Å². The van der Waals surface area contributed by atoms with Gasteiger partial charge in [0.15, 0.2) is 0 Å². The quantitative estimate of drug-likeness (QED) is 0.433. The van der Waals surface area contributed by atoms with Crippen molar-refractivity contribution in [3.05, 3.63) is 33.9 Å². The first-order chi connectivity index (χ1) is 9.51. The Morgan fingerprint density at radius 3 is 2.95 bits per heavy atom. The molecule has 7 heteroatoms. The molecule has 2 atom stereocenters.